The number of halogens is 1. The maximum Gasteiger partial charge on any atom is 0.296 e. The summed E-state index contributed by atoms with van der Waals surface area (Å²) in [5.74, 6) is 0.295. The number of H-pyrrole nitrogens is 1. The molecule has 9 nitrogen and oxygen atoms in total. The van der Waals surface area contributed by atoms with Crippen molar-refractivity contribution in [3.8, 4) is 17.6 Å². The quantitative estimate of drug-likeness (QED) is 0.448. The number of nitrogens with zero attached hydrogens (tertiary/aromatic N) is 3. The third-order valence-corrected chi connectivity index (χ3v) is 6.10. The molecular formula is C23H21ClN4O5. The van der Waals surface area contributed by atoms with Crippen LogP contribution in [0.15, 0.2) is 54.9 Å². The average molecular weight is 469 g/mol. The molecule has 6 rings (SSSR count). The van der Waals surface area contributed by atoms with Crippen molar-refractivity contribution in [2.75, 3.05) is 13.2 Å². The highest BCUT2D eigenvalue weighted by molar-refractivity contribution is 6.32. The first-order chi connectivity index (χ1) is 16.1. The van der Waals surface area contributed by atoms with Gasteiger partial charge in [-0.3, -0.25) is 0 Å². The van der Waals surface area contributed by atoms with Gasteiger partial charge in [0.15, 0.2) is 11.8 Å². The van der Waals surface area contributed by atoms with Crippen molar-refractivity contribution in [2.24, 2.45) is 0 Å². The van der Waals surface area contributed by atoms with E-state index in [9.17, 15) is 5.11 Å². The fourth-order valence-electron chi connectivity index (χ4n) is 4.15. The standard InChI is InChI=1S/C23H21ClN4O5/c24-15-9-16-21(27-23(25-16)33-18-12-31-19-17(29)11-30-20(18)19)26-22(15)32-10-13-3-5-14(6-4-13)28-7-1-2-8-28/h1-9,17-20,29H,10-12H2,(H,25,26,27)/t17-,18-,19-,20-/m1/s1. The third kappa shape index (κ3) is 3.93. The minimum Gasteiger partial charge on any atom is -0.472 e. The van der Waals surface area contributed by atoms with Gasteiger partial charge in [-0.05, 0) is 35.9 Å². The molecule has 5 heterocycles. The summed E-state index contributed by atoms with van der Waals surface area (Å²) in [7, 11) is 0. The van der Waals surface area contributed by atoms with Crippen LogP contribution in [0.25, 0.3) is 16.9 Å². The lowest BCUT2D eigenvalue weighted by atomic mass is 10.1. The number of aliphatic hydroxyl groups is 1. The second-order valence-electron chi connectivity index (χ2n) is 8.05. The summed E-state index contributed by atoms with van der Waals surface area (Å²) >= 11 is 6.38. The molecule has 2 fully saturated rings. The Morgan fingerprint density at radius 1 is 1.09 bits per heavy atom. The van der Waals surface area contributed by atoms with Crippen LogP contribution in [-0.4, -0.2) is 62.3 Å². The Balaban J connectivity index is 1.14. The molecule has 4 atom stereocenters. The first-order valence-corrected chi connectivity index (χ1v) is 11.0. The van der Waals surface area contributed by atoms with Gasteiger partial charge in [0, 0.05) is 18.1 Å². The highest BCUT2D eigenvalue weighted by Gasteiger charge is 2.48. The summed E-state index contributed by atoms with van der Waals surface area (Å²) in [5, 5.41) is 10.2. The maximum absolute atomic E-state index is 9.88. The number of imidazole rings is 1. The minimum absolute atomic E-state index is 0.238. The van der Waals surface area contributed by atoms with Crippen LogP contribution in [0.2, 0.25) is 5.02 Å². The van der Waals surface area contributed by atoms with E-state index >= 15 is 0 Å². The van der Waals surface area contributed by atoms with Gasteiger partial charge in [0.25, 0.3) is 6.01 Å². The summed E-state index contributed by atoms with van der Waals surface area (Å²) in [6.07, 6.45) is 2.29. The number of rotatable bonds is 6. The molecule has 2 N–H and O–H groups in total. The Morgan fingerprint density at radius 3 is 2.70 bits per heavy atom. The number of pyridine rings is 1. The van der Waals surface area contributed by atoms with Gasteiger partial charge in [-0.2, -0.15) is 9.97 Å². The number of fused-ring (bicyclic) bond motifs is 2. The van der Waals surface area contributed by atoms with Gasteiger partial charge in [-0.25, -0.2) is 0 Å². The fourth-order valence-corrected chi connectivity index (χ4v) is 4.35. The number of aliphatic hydroxyl groups excluding tert-OH is 1. The van der Waals surface area contributed by atoms with Crippen molar-refractivity contribution in [3.63, 3.8) is 0 Å². The van der Waals surface area contributed by atoms with Crippen molar-refractivity contribution in [1.29, 1.82) is 0 Å². The Kier molecular flexibility index (Phi) is 5.18. The lowest BCUT2D eigenvalue weighted by molar-refractivity contribution is 0.00706. The number of nitrogens with one attached hydrogen (secondary N) is 1. The first kappa shape index (κ1) is 20.5. The Hall–Kier alpha value is -3.11. The van der Waals surface area contributed by atoms with Crippen LogP contribution in [0.1, 0.15) is 5.56 Å². The molecule has 0 radical (unpaired) electrons. The molecule has 0 amide bonds. The smallest absolute Gasteiger partial charge is 0.296 e. The van der Waals surface area contributed by atoms with Crippen molar-refractivity contribution in [3.05, 3.63) is 65.4 Å². The zero-order valence-corrected chi connectivity index (χ0v) is 18.2. The fraction of sp³-hybridized carbons (Fsp3) is 0.304. The van der Waals surface area contributed by atoms with Gasteiger partial charge in [0.2, 0.25) is 5.88 Å². The number of hydrogen-bond donors (Lipinski definition) is 2. The molecule has 170 valence electrons. The van der Waals surface area contributed by atoms with E-state index in [4.69, 9.17) is 30.5 Å². The van der Waals surface area contributed by atoms with Crippen molar-refractivity contribution in [1.82, 2.24) is 19.5 Å². The molecule has 0 aliphatic carbocycles. The summed E-state index contributed by atoms with van der Waals surface area (Å²) in [5.41, 5.74) is 3.11. The van der Waals surface area contributed by atoms with Gasteiger partial charge in [-0.15, -0.1) is 0 Å². The molecule has 0 saturated carbocycles. The lowest BCUT2D eigenvalue weighted by Gasteiger charge is -2.15. The number of ether oxygens (including phenoxy) is 4. The van der Waals surface area contributed by atoms with Crippen LogP contribution in [0, 0.1) is 0 Å². The predicted octanol–water partition coefficient (Wildman–Crippen LogP) is 2.89. The van der Waals surface area contributed by atoms with E-state index in [0.717, 1.165) is 11.3 Å². The monoisotopic (exact) mass is 468 g/mol. The number of aromatic amines is 1. The van der Waals surface area contributed by atoms with E-state index in [1.54, 1.807) is 6.07 Å². The molecule has 0 bridgehead atoms. The van der Waals surface area contributed by atoms with E-state index in [1.165, 1.54) is 0 Å². The normalized spacial score (nSPS) is 24.3. The number of benzene rings is 1. The largest absolute Gasteiger partial charge is 0.472 e. The van der Waals surface area contributed by atoms with Crippen LogP contribution in [0.4, 0.5) is 0 Å². The van der Waals surface area contributed by atoms with Crippen LogP contribution in [-0.2, 0) is 16.1 Å². The molecule has 2 aliphatic heterocycles. The summed E-state index contributed by atoms with van der Waals surface area (Å²) in [6, 6.07) is 14.0. The highest BCUT2D eigenvalue weighted by atomic mass is 35.5. The Labute approximate surface area is 193 Å². The van der Waals surface area contributed by atoms with Gasteiger partial charge in [0.05, 0.1) is 18.7 Å². The zero-order chi connectivity index (χ0) is 22.4. The third-order valence-electron chi connectivity index (χ3n) is 5.83. The molecule has 2 saturated heterocycles. The van der Waals surface area contributed by atoms with Gasteiger partial charge >= 0.3 is 0 Å². The molecule has 0 unspecified atom stereocenters. The highest BCUT2D eigenvalue weighted by Crippen LogP contribution is 2.31. The maximum atomic E-state index is 9.88. The van der Waals surface area contributed by atoms with E-state index in [-0.39, 0.29) is 30.9 Å². The van der Waals surface area contributed by atoms with Crippen molar-refractivity contribution in [2.45, 2.75) is 31.0 Å². The number of aromatic nitrogens is 4. The summed E-state index contributed by atoms with van der Waals surface area (Å²) in [6.45, 7) is 0.873. The second kappa shape index (κ2) is 8.35. The SMILES string of the molecule is O[C@@H]1CO[C@H]2[C@@H]1OC[C@H]2Oc1nc2nc(OCc3ccc(-n4cccc4)cc3)c(Cl)cc2[nH]1. The second-order valence-corrected chi connectivity index (χ2v) is 8.46. The van der Waals surface area contributed by atoms with E-state index in [1.807, 2.05) is 53.4 Å². The molecule has 2 aliphatic rings. The van der Waals surface area contributed by atoms with Gasteiger partial charge in [0.1, 0.15) is 29.9 Å². The van der Waals surface area contributed by atoms with E-state index in [0.29, 0.717) is 35.3 Å². The Morgan fingerprint density at radius 2 is 1.88 bits per heavy atom. The first-order valence-electron chi connectivity index (χ1n) is 10.6. The molecule has 10 heteroatoms. The zero-order valence-electron chi connectivity index (χ0n) is 17.4. The summed E-state index contributed by atoms with van der Waals surface area (Å²) < 4.78 is 25.0. The van der Waals surface area contributed by atoms with Crippen molar-refractivity contribution >= 4 is 22.8 Å². The molecule has 0 spiro atoms. The van der Waals surface area contributed by atoms with Gasteiger partial charge in [-0.1, -0.05) is 23.7 Å². The van der Waals surface area contributed by atoms with E-state index in [2.05, 4.69) is 15.0 Å². The van der Waals surface area contributed by atoms with Crippen molar-refractivity contribution < 1.29 is 24.1 Å². The van der Waals surface area contributed by atoms with E-state index < -0.39 is 6.10 Å². The molecule has 33 heavy (non-hydrogen) atoms. The van der Waals surface area contributed by atoms with Crippen LogP contribution in [0.3, 0.4) is 0 Å². The Bertz CT molecular complexity index is 1260. The van der Waals surface area contributed by atoms with Crippen LogP contribution >= 0.6 is 11.6 Å². The molecular weight excluding hydrogens is 448 g/mol. The predicted molar refractivity (Wildman–Crippen MR) is 119 cm³/mol. The van der Waals surface area contributed by atoms with Crippen LogP contribution < -0.4 is 9.47 Å². The van der Waals surface area contributed by atoms with Gasteiger partial charge < -0.3 is 33.6 Å². The molecule has 4 aromatic rings. The van der Waals surface area contributed by atoms with Crippen LogP contribution in [0.5, 0.6) is 11.9 Å². The summed E-state index contributed by atoms with van der Waals surface area (Å²) in [4.78, 5) is 11.9. The minimum atomic E-state index is -0.635. The topological polar surface area (TPSA) is 104 Å². The lowest BCUT2D eigenvalue weighted by Crippen LogP contribution is -2.34. The average Bonchev–Trinajstić information content (AvgIpc) is 3.60. The molecule has 1 aromatic carbocycles. The molecule has 3 aromatic heterocycles. The number of hydrogen-bond acceptors (Lipinski definition) is 7.